The van der Waals surface area contributed by atoms with Gasteiger partial charge in [-0.25, -0.2) is 8.42 Å². The molecule has 176 valence electrons. The van der Waals surface area contributed by atoms with Gasteiger partial charge in [-0.15, -0.1) is 11.3 Å². The lowest BCUT2D eigenvalue weighted by atomic mass is 9.87. The van der Waals surface area contributed by atoms with Crippen LogP contribution in [0.2, 0.25) is 0 Å². The molecule has 0 unspecified atom stereocenters. The average Bonchev–Trinajstić information content (AvgIpc) is 3.42. The smallest absolute Gasteiger partial charge is 0.244 e. The van der Waals surface area contributed by atoms with Gasteiger partial charge in [0, 0.05) is 30.4 Å². The lowest BCUT2D eigenvalue weighted by Gasteiger charge is -2.33. The maximum absolute atomic E-state index is 13.4. The summed E-state index contributed by atoms with van der Waals surface area (Å²) in [6.07, 6.45) is 6.31. The number of hydrogen-bond acceptors (Lipinski definition) is 7. The van der Waals surface area contributed by atoms with E-state index in [0.29, 0.717) is 40.9 Å². The highest BCUT2D eigenvalue weighted by atomic mass is 32.2. The number of carbonyl (C=O) groups excluding carboxylic acids is 1. The van der Waals surface area contributed by atoms with Gasteiger partial charge in [0.15, 0.2) is 0 Å². The number of thiophene rings is 1. The zero-order valence-electron chi connectivity index (χ0n) is 19.0. The maximum atomic E-state index is 13.4. The second-order valence-corrected chi connectivity index (χ2v) is 12.2. The van der Waals surface area contributed by atoms with Crippen LogP contribution in [0.1, 0.15) is 63.1 Å². The zero-order valence-corrected chi connectivity index (χ0v) is 20.6. The van der Waals surface area contributed by atoms with Crippen molar-refractivity contribution < 1.29 is 17.7 Å². The molecule has 1 aliphatic carbocycles. The highest BCUT2D eigenvalue weighted by Gasteiger charge is 2.36. The number of piperidine rings is 1. The first-order valence-corrected chi connectivity index (χ1v) is 13.8. The van der Waals surface area contributed by atoms with Crippen molar-refractivity contribution in [1.82, 2.24) is 19.8 Å². The molecular formula is C22H32N4O4S2. The van der Waals surface area contributed by atoms with Crippen molar-refractivity contribution in [2.24, 2.45) is 11.8 Å². The van der Waals surface area contributed by atoms with Crippen LogP contribution in [0.15, 0.2) is 15.5 Å². The molecular weight excluding hydrogens is 448 g/mol. The third-order valence-corrected chi connectivity index (χ3v) is 9.77. The van der Waals surface area contributed by atoms with Crippen molar-refractivity contribution in [2.75, 3.05) is 13.1 Å². The molecule has 1 N–H and O–H groups in total. The van der Waals surface area contributed by atoms with E-state index < -0.39 is 10.0 Å². The quantitative estimate of drug-likeness (QED) is 0.675. The van der Waals surface area contributed by atoms with E-state index in [1.54, 1.807) is 13.0 Å². The van der Waals surface area contributed by atoms with E-state index in [4.69, 9.17) is 4.52 Å². The molecule has 1 saturated heterocycles. The van der Waals surface area contributed by atoms with Gasteiger partial charge in [0.25, 0.3) is 0 Å². The lowest BCUT2D eigenvalue weighted by Crippen LogP contribution is -2.48. The molecule has 32 heavy (non-hydrogen) atoms. The summed E-state index contributed by atoms with van der Waals surface area (Å²) >= 11 is 1.34. The van der Waals surface area contributed by atoms with Crippen molar-refractivity contribution in [3.8, 4) is 10.7 Å². The molecule has 0 bridgehead atoms. The minimum absolute atomic E-state index is 0.00826. The van der Waals surface area contributed by atoms with Gasteiger partial charge in [0.2, 0.25) is 27.6 Å². The van der Waals surface area contributed by atoms with Crippen molar-refractivity contribution >= 4 is 27.3 Å². The number of aromatic nitrogens is 2. The minimum Gasteiger partial charge on any atom is -0.353 e. The minimum atomic E-state index is -3.71. The standard InChI is InChI=1S/C22H32N4O4S2/c1-4-20-24-21(25-30-20)18-12-19(15(3)31-18)32(28,29)26-11-5-6-16(13-26)22(27)23-17-9-7-14(2)8-10-17/h12,14,16-17H,4-11,13H2,1-3H3,(H,23,27)/t14?,16-,17?/m0/s1. The summed E-state index contributed by atoms with van der Waals surface area (Å²) in [6, 6.07) is 1.85. The van der Waals surface area contributed by atoms with Gasteiger partial charge >= 0.3 is 0 Å². The summed E-state index contributed by atoms with van der Waals surface area (Å²) in [7, 11) is -3.71. The topological polar surface area (TPSA) is 105 Å². The molecule has 0 radical (unpaired) electrons. The van der Waals surface area contributed by atoms with E-state index in [1.165, 1.54) is 15.6 Å². The fourth-order valence-corrected chi connectivity index (χ4v) is 7.58. The molecule has 0 aromatic carbocycles. The number of carbonyl (C=O) groups is 1. The van der Waals surface area contributed by atoms with E-state index in [1.807, 2.05) is 6.92 Å². The Balaban J connectivity index is 1.46. The molecule has 2 aromatic heterocycles. The van der Waals surface area contributed by atoms with Crippen LogP contribution in [0.3, 0.4) is 0 Å². The van der Waals surface area contributed by atoms with Crippen molar-refractivity contribution in [1.29, 1.82) is 0 Å². The SMILES string of the molecule is CCc1nc(-c2cc(S(=O)(=O)N3CCC[C@H](C(=O)NC4CCC(C)CC4)C3)c(C)s2)no1. The van der Waals surface area contributed by atoms with Gasteiger partial charge in [-0.05, 0) is 57.4 Å². The second kappa shape index (κ2) is 9.61. The molecule has 1 amide bonds. The highest BCUT2D eigenvalue weighted by Crippen LogP contribution is 2.35. The van der Waals surface area contributed by atoms with E-state index in [2.05, 4.69) is 22.4 Å². The Labute approximate surface area is 193 Å². The molecule has 2 aliphatic rings. The Bertz CT molecular complexity index is 1050. The zero-order chi connectivity index (χ0) is 22.9. The predicted molar refractivity (Wildman–Crippen MR) is 123 cm³/mol. The number of amides is 1. The molecule has 10 heteroatoms. The molecule has 8 nitrogen and oxygen atoms in total. The number of rotatable bonds is 6. The van der Waals surface area contributed by atoms with Crippen molar-refractivity contribution in [3.63, 3.8) is 0 Å². The van der Waals surface area contributed by atoms with Crippen LogP contribution in [-0.4, -0.2) is 47.9 Å². The van der Waals surface area contributed by atoms with E-state index in [9.17, 15) is 13.2 Å². The number of hydrogen-bond donors (Lipinski definition) is 1. The Kier molecular flexibility index (Phi) is 7.02. The average molecular weight is 481 g/mol. The molecule has 0 spiro atoms. The fraction of sp³-hybridized carbons (Fsp3) is 0.682. The molecule has 3 heterocycles. The van der Waals surface area contributed by atoms with Gasteiger partial charge in [0.1, 0.15) is 0 Å². The summed E-state index contributed by atoms with van der Waals surface area (Å²) in [4.78, 5) is 18.8. The summed E-state index contributed by atoms with van der Waals surface area (Å²) in [5.41, 5.74) is 0. The summed E-state index contributed by atoms with van der Waals surface area (Å²) < 4.78 is 33.5. The van der Waals surface area contributed by atoms with Crippen LogP contribution < -0.4 is 5.32 Å². The predicted octanol–water partition coefficient (Wildman–Crippen LogP) is 3.76. The Morgan fingerprint density at radius 1 is 1.28 bits per heavy atom. The van der Waals surface area contributed by atoms with Crippen LogP contribution >= 0.6 is 11.3 Å². The number of nitrogens with one attached hydrogen (secondary N) is 1. The van der Waals surface area contributed by atoms with Gasteiger partial charge < -0.3 is 9.84 Å². The largest absolute Gasteiger partial charge is 0.353 e. The van der Waals surface area contributed by atoms with Gasteiger partial charge in [-0.2, -0.15) is 9.29 Å². The van der Waals surface area contributed by atoms with Gasteiger partial charge in [-0.1, -0.05) is 19.0 Å². The number of nitrogens with zero attached hydrogens (tertiary/aromatic N) is 3. The number of aryl methyl sites for hydroxylation is 2. The van der Waals surface area contributed by atoms with Crippen LogP contribution in [-0.2, 0) is 21.2 Å². The Hall–Kier alpha value is -1.78. The van der Waals surface area contributed by atoms with E-state index >= 15 is 0 Å². The van der Waals surface area contributed by atoms with Crippen LogP contribution in [0.5, 0.6) is 0 Å². The number of sulfonamides is 1. The Morgan fingerprint density at radius 3 is 2.72 bits per heavy atom. The van der Waals surface area contributed by atoms with Gasteiger partial charge in [-0.3, -0.25) is 4.79 Å². The Morgan fingerprint density at radius 2 is 2.03 bits per heavy atom. The molecule has 1 saturated carbocycles. The second-order valence-electron chi connectivity index (χ2n) is 9.06. The maximum Gasteiger partial charge on any atom is 0.244 e. The summed E-state index contributed by atoms with van der Waals surface area (Å²) in [5, 5.41) is 7.14. The van der Waals surface area contributed by atoms with E-state index in [-0.39, 0.29) is 29.3 Å². The van der Waals surface area contributed by atoms with Crippen LogP contribution in [0, 0.1) is 18.8 Å². The van der Waals surface area contributed by atoms with Crippen molar-refractivity contribution in [2.45, 2.75) is 76.7 Å². The third-order valence-electron chi connectivity index (χ3n) is 6.60. The van der Waals surface area contributed by atoms with Gasteiger partial charge in [0.05, 0.1) is 15.7 Å². The molecule has 1 atom stereocenters. The molecule has 2 fully saturated rings. The third kappa shape index (κ3) is 4.92. The van der Waals surface area contributed by atoms with Crippen molar-refractivity contribution in [3.05, 3.63) is 16.8 Å². The fourth-order valence-electron chi connectivity index (χ4n) is 4.57. The first-order chi connectivity index (χ1) is 15.3. The molecule has 2 aromatic rings. The summed E-state index contributed by atoms with van der Waals surface area (Å²) in [6.45, 7) is 6.62. The highest BCUT2D eigenvalue weighted by molar-refractivity contribution is 7.89. The first kappa shape index (κ1) is 23.4. The van der Waals surface area contributed by atoms with E-state index in [0.717, 1.165) is 38.0 Å². The molecule has 4 rings (SSSR count). The lowest BCUT2D eigenvalue weighted by molar-refractivity contribution is -0.127. The first-order valence-electron chi connectivity index (χ1n) is 11.5. The molecule has 1 aliphatic heterocycles. The monoisotopic (exact) mass is 480 g/mol. The normalized spacial score (nSPS) is 25.0. The van der Waals surface area contributed by atoms with Crippen LogP contribution in [0.25, 0.3) is 10.7 Å². The van der Waals surface area contributed by atoms with Crippen LogP contribution in [0.4, 0.5) is 0 Å². The summed E-state index contributed by atoms with van der Waals surface area (Å²) in [5.74, 6) is 1.34.